The highest BCUT2D eigenvalue weighted by Gasteiger charge is 1.92. The van der Waals surface area contributed by atoms with Crippen LogP contribution in [-0.4, -0.2) is 9.13 Å². The molecule has 0 spiro atoms. The molecule has 0 N–H and O–H groups in total. The van der Waals surface area contributed by atoms with Crippen molar-refractivity contribution < 1.29 is 21.5 Å². The average Bonchev–Trinajstić information content (AvgIpc) is 2.88. The second-order valence-corrected chi connectivity index (χ2v) is 3.82. The van der Waals surface area contributed by atoms with Gasteiger partial charge in [-0.1, -0.05) is 22.3 Å². The van der Waals surface area contributed by atoms with E-state index >= 15 is 0 Å². The van der Waals surface area contributed by atoms with Gasteiger partial charge in [-0.05, 0) is 13.8 Å². The highest BCUT2D eigenvalue weighted by Crippen LogP contribution is 1.79. The minimum atomic E-state index is 0. The monoisotopic (exact) mass is 341 g/mol. The third kappa shape index (κ3) is 12.5. The Balaban J connectivity index is -0.0000000656. The topological polar surface area (TPSA) is 17.6 Å². The highest BCUT2D eigenvalue weighted by molar-refractivity contribution is 5.85. The predicted molar refractivity (Wildman–Crippen MR) is 90.0 cm³/mol. The molecule has 0 amide bonds. The first-order valence-corrected chi connectivity index (χ1v) is 5.67. The van der Waals surface area contributed by atoms with Crippen LogP contribution in [0.5, 0.6) is 0 Å². The molecule has 0 saturated heterocycles. The van der Waals surface area contributed by atoms with Crippen LogP contribution in [0.25, 0.3) is 0 Å². The molecule has 21 heavy (non-hydrogen) atoms. The summed E-state index contributed by atoms with van der Waals surface area (Å²) in [5, 5.41) is 0. The SMILES string of the molecule is C.C.C.CCn1cc[n+](C)c1.CCn1cc[n+](C)c1.Cl.[Cl-]. The molecule has 128 valence electrons. The van der Waals surface area contributed by atoms with E-state index < -0.39 is 0 Å². The fourth-order valence-electron chi connectivity index (χ4n) is 1.38. The van der Waals surface area contributed by atoms with Gasteiger partial charge in [0.2, 0.25) is 12.7 Å². The van der Waals surface area contributed by atoms with E-state index in [2.05, 4.69) is 48.0 Å². The lowest BCUT2D eigenvalue weighted by Crippen LogP contribution is -3.00. The summed E-state index contributed by atoms with van der Waals surface area (Å²) in [5.74, 6) is 0. The van der Waals surface area contributed by atoms with Gasteiger partial charge in [0.05, 0.1) is 27.2 Å². The van der Waals surface area contributed by atoms with Crippen LogP contribution in [0.4, 0.5) is 0 Å². The molecule has 2 rings (SSSR count). The van der Waals surface area contributed by atoms with Crippen LogP contribution >= 0.6 is 12.4 Å². The molecule has 0 atom stereocenters. The van der Waals surface area contributed by atoms with Crippen LogP contribution < -0.4 is 21.5 Å². The highest BCUT2D eigenvalue weighted by atomic mass is 35.5. The van der Waals surface area contributed by atoms with Gasteiger partial charge in [0.25, 0.3) is 0 Å². The summed E-state index contributed by atoms with van der Waals surface area (Å²) in [5.41, 5.74) is 0. The van der Waals surface area contributed by atoms with E-state index in [1.165, 1.54) is 0 Å². The van der Waals surface area contributed by atoms with E-state index in [-0.39, 0.29) is 47.1 Å². The van der Waals surface area contributed by atoms with Gasteiger partial charge in [0.15, 0.2) is 0 Å². The fourth-order valence-corrected chi connectivity index (χ4v) is 1.38. The number of hydrogen-bond acceptors (Lipinski definition) is 0. The van der Waals surface area contributed by atoms with Crippen molar-refractivity contribution in [1.82, 2.24) is 9.13 Å². The Kier molecular flexibility index (Phi) is 26.1. The smallest absolute Gasteiger partial charge is 0.243 e. The molecule has 0 radical (unpaired) electrons. The molecule has 2 heterocycles. The summed E-state index contributed by atoms with van der Waals surface area (Å²) in [4.78, 5) is 0. The van der Waals surface area contributed by atoms with E-state index in [1.54, 1.807) is 0 Å². The number of aryl methyl sites for hydroxylation is 4. The Hall–Kier alpha value is -1.00. The number of rotatable bonds is 2. The van der Waals surface area contributed by atoms with Crippen molar-refractivity contribution in [2.24, 2.45) is 14.1 Å². The maximum atomic E-state index is 2.12. The Morgan fingerprint density at radius 2 is 1.05 bits per heavy atom. The number of nitrogens with zero attached hydrogens (tertiary/aromatic N) is 4. The van der Waals surface area contributed by atoms with Crippen LogP contribution in [0, 0.1) is 0 Å². The fraction of sp³-hybridized carbons (Fsp3) is 0.600. The summed E-state index contributed by atoms with van der Waals surface area (Å²) >= 11 is 0. The molecule has 6 heteroatoms. The van der Waals surface area contributed by atoms with Gasteiger partial charge in [-0.25, -0.2) is 18.3 Å². The quantitative estimate of drug-likeness (QED) is 0.684. The standard InChI is InChI=1S/2C6H11N2.3CH4.2ClH/c2*1-3-8-5-4-7(2)6-8;;;;;/h2*4-6H,3H2,1-2H3;3*1H4;2*1H/q2*+1;;;;;/p-1. The molecule has 2 aromatic rings. The van der Waals surface area contributed by atoms with E-state index in [0.29, 0.717) is 0 Å². The van der Waals surface area contributed by atoms with E-state index in [4.69, 9.17) is 0 Å². The predicted octanol–water partition coefficient (Wildman–Crippen LogP) is -0.000900. The molecule has 0 aromatic carbocycles. The summed E-state index contributed by atoms with van der Waals surface area (Å²) in [7, 11) is 4.04. The third-order valence-corrected chi connectivity index (χ3v) is 2.38. The van der Waals surface area contributed by atoms with Crippen LogP contribution in [0.1, 0.15) is 36.1 Å². The van der Waals surface area contributed by atoms with Crippen molar-refractivity contribution in [3.05, 3.63) is 37.4 Å². The van der Waals surface area contributed by atoms with Gasteiger partial charge in [-0.2, -0.15) is 0 Å². The maximum absolute atomic E-state index is 2.12. The number of imidazole rings is 2. The number of halogens is 2. The normalized spacial score (nSPS) is 7.43. The maximum Gasteiger partial charge on any atom is 0.243 e. The number of hydrogen-bond donors (Lipinski definition) is 0. The number of aromatic nitrogens is 4. The molecule has 0 aliphatic rings. The lowest BCUT2D eigenvalue weighted by Gasteiger charge is -1.81. The molecule has 0 saturated carbocycles. The van der Waals surface area contributed by atoms with Gasteiger partial charge in [0.1, 0.15) is 24.8 Å². The summed E-state index contributed by atoms with van der Waals surface area (Å²) in [6, 6.07) is 0. The summed E-state index contributed by atoms with van der Waals surface area (Å²) in [6.07, 6.45) is 12.3. The molecule has 0 bridgehead atoms. The summed E-state index contributed by atoms with van der Waals surface area (Å²) in [6.45, 7) is 6.36. The zero-order chi connectivity index (χ0) is 12.0. The van der Waals surface area contributed by atoms with Crippen molar-refractivity contribution >= 4 is 12.4 Å². The van der Waals surface area contributed by atoms with Gasteiger partial charge in [0, 0.05) is 0 Å². The third-order valence-electron chi connectivity index (χ3n) is 2.38. The van der Waals surface area contributed by atoms with E-state index in [0.717, 1.165) is 13.1 Å². The molecular formula is C15H35Cl2N4+. The Labute approximate surface area is 144 Å². The molecule has 0 fully saturated rings. The van der Waals surface area contributed by atoms with Crippen molar-refractivity contribution in [2.45, 2.75) is 49.2 Å². The van der Waals surface area contributed by atoms with Crippen molar-refractivity contribution in [1.29, 1.82) is 0 Å². The summed E-state index contributed by atoms with van der Waals surface area (Å²) < 4.78 is 8.31. The zero-order valence-electron chi connectivity index (χ0n) is 11.5. The van der Waals surface area contributed by atoms with Gasteiger partial charge < -0.3 is 12.4 Å². The first kappa shape index (κ1) is 32.1. The molecule has 0 aliphatic carbocycles. The van der Waals surface area contributed by atoms with Crippen LogP contribution in [0.2, 0.25) is 0 Å². The molecule has 0 aliphatic heterocycles. The van der Waals surface area contributed by atoms with Crippen LogP contribution in [0.3, 0.4) is 0 Å². The van der Waals surface area contributed by atoms with E-state index in [9.17, 15) is 0 Å². The van der Waals surface area contributed by atoms with Crippen molar-refractivity contribution in [3.8, 4) is 0 Å². The average molecular weight is 342 g/mol. The minimum Gasteiger partial charge on any atom is -1.00 e. The van der Waals surface area contributed by atoms with E-state index in [1.807, 2.05) is 35.6 Å². The lowest BCUT2D eigenvalue weighted by molar-refractivity contribution is -0.671. The van der Waals surface area contributed by atoms with Crippen molar-refractivity contribution in [3.63, 3.8) is 0 Å². The van der Waals surface area contributed by atoms with Gasteiger partial charge >= 0.3 is 0 Å². The second kappa shape index (κ2) is 17.1. The van der Waals surface area contributed by atoms with Gasteiger partial charge in [-0.15, -0.1) is 12.4 Å². The second-order valence-electron chi connectivity index (χ2n) is 3.82. The zero-order valence-corrected chi connectivity index (χ0v) is 13.0. The minimum absolute atomic E-state index is 0. The Morgan fingerprint density at radius 1 is 0.762 bits per heavy atom. The molecule has 2 aromatic heterocycles. The van der Waals surface area contributed by atoms with Crippen LogP contribution in [0.15, 0.2) is 37.4 Å². The first-order chi connectivity index (χ1) is 7.65. The molecule has 0 unspecified atom stereocenters. The Bertz CT molecular complexity index is 384. The molecular weight excluding hydrogens is 307 g/mol. The first-order valence-electron chi connectivity index (χ1n) is 5.67. The van der Waals surface area contributed by atoms with Crippen molar-refractivity contribution in [2.75, 3.05) is 0 Å². The molecule has 4 nitrogen and oxygen atoms in total. The van der Waals surface area contributed by atoms with Gasteiger partial charge in [-0.3, -0.25) is 0 Å². The largest absolute Gasteiger partial charge is 1.00 e. The van der Waals surface area contributed by atoms with Crippen LogP contribution in [-0.2, 0) is 27.2 Å². The lowest BCUT2D eigenvalue weighted by atomic mass is 10.7. The Morgan fingerprint density at radius 3 is 1.14 bits per heavy atom.